The number of fused-ring (bicyclic) bond motifs is 6. The van der Waals surface area contributed by atoms with Gasteiger partial charge in [0.25, 0.3) is 0 Å². The molecule has 0 aromatic heterocycles. The van der Waals surface area contributed by atoms with Crippen LogP contribution in [0.15, 0.2) is 109 Å². The summed E-state index contributed by atoms with van der Waals surface area (Å²) in [6.07, 6.45) is 0. The zero-order chi connectivity index (χ0) is 17.3. The van der Waals surface area contributed by atoms with E-state index in [0.717, 1.165) is 0 Å². The molecule has 0 unspecified atom stereocenters. The summed E-state index contributed by atoms with van der Waals surface area (Å²) in [6.45, 7) is 0. The average Bonchev–Trinajstić information content (AvgIpc) is 3.27. The van der Waals surface area contributed by atoms with Crippen molar-refractivity contribution in [1.29, 1.82) is 0 Å². The van der Waals surface area contributed by atoms with Gasteiger partial charge in [0, 0.05) is 0 Å². The van der Waals surface area contributed by atoms with E-state index in [0.29, 0.717) is 0 Å². The van der Waals surface area contributed by atoms with Crippen LogP contribution >= 0.6 is 0 Å². The van der Waals surface area contributed by atoms with Crippen LogP contribution in [-0.4, -0.2) is 0 Å². The Balaban J connectivity index is 0.000000187. The molecular weight excluding hydrogens is 439 g/mol. The van der Waals surface area contributed by atoms with Crippen molar-refractivity contribution in [3.63, 3.8) is 0 Å². The Hall–Kier alpha value is -2.21. The topological polar surface area (TPSA) is 0 Å². The minimum absolute atomic E-state index is 0. The minimum atomic E-state index is 0. The normalized spacial score (nSPS) is 10.3. The summed E-state index contributed by atoms with van der Waals surface area (Å²) in [4.78, 5) is 0. The Morgan fingerprint density at radius 2 is 0.607 bits per heavy atom. The van der Waals surface area contributed by atoms with Crippen LogP contribution in [0.25, 0.3) is 43.1 Å². The molecule has 0 spiro atoms. The van der Waals surface area contributed by atoms with Crippen LogP contribution in [0.2, 0.25) is 0 Å². The van der Waals surface area contributed by atoms with Crippen LogP contribution in [-0.2, 0) is 26.2 Å². The van der Waals surface area contributed by atoms with Gasteiger partial charge in [0.2, 0.25) is 0 Å². The first kappa shape index (κ1) is 20.5. The SMILES string of the molecule is [Cl-].[H-].[Zr+4].c1ccc2c(c1)[cH-]c1ccccc12.c1ccc2c(c1)[cH-]c1ccccc12. The number of hydrogen-bond donors (Lipinski definition) is 0. The molecule has 28 heavy (non-hydrogen) atoms. The molecule has 6 aromatic rings. The molecule has 0 saturated heterocycles. The van der Waals surface area contributed by atoms with Crippen molar-refractivity contribution in [2.24, 2.45) is 0 Å². The molecule has 0 aliphatic carbocycles. The molecule has 0 N–H and O–H groups in total. The van der Waals surface area contributed by atoms with Crippen molar-refractivity contribution >= 4 is 43.1 Å². The standard InChI is InChI=1S/2C13H9.ClH.Zr.H/c2*1-3-7-12-10(5-1)9-11-6-2-4-8-13(11)12;;;/h2*1-9H;1H;;/q2*-1;;+4;-1/p-1. The maximum Gasteiger partial charge on any atom is 4.00 e. The average molecular weight is 458 g/mol. The number of benzene rings is 4. The Morgan fingerprint density at radius 3 is 0.857 bits per heavy atom. The molecular formula is C26H19ClZr. The molecule has 0 saturated carbocycles. The van der Waals surface area contributed by atoms with Gasteiger partial charge >= 0.3 is 26.2 Å². The van der Waals surface area contributed by atoms with Gasteiger partial charge in [0.15, 0.2) is 0 Å². The summed E-state index contributed by atoms with van der Waals surface area (Å²) in [5.74, 6) is 0. The molecule has 0 amide bonds. The first-order valence-corrected chi connectivity index (χ1v) is 8.96. The predicted octanol–water partition coefficient (Wildman–Crippen LogP) is 4.54. The summed E-state index contributed by atoms with van der Waals surface area (Å²) in [5, 5.41) is 10.8. The summed E-state index contributed by atoms with van der Waals surface area (Å²) in [6, 6.07) is 38.5. The third kappa shape index (κ3) is 3.70. The quantitative estimate of drug-likeness (QED) is 0.294. The zero-order valence-corrected chi connectivity index (χ0v) is 18.5. The van der Waals surface area contributed by atoms with E-state index >= 15 is 0 Å². The van der Waals surface area contributed by atoms with Gasteiger partial charge in [-0.05, 0) is 0 Å². The molecule has 6 aromatic carbocycles. The molecule has 0 radical (unpaired) electrons. The van der Waals surface area contributed by atoms with E-state index in [2.05, 4.69) is 109 Å². The van der Waals surface area contributed by atoms with Crippen molar-refractivity contribution < 1.29 is 40.0 Å². The maximum absolute atomic E-state index is 2.24. The van der Waals surface area contributed by atoms with Gasteiger partial charge < -0.3 is 13.8 Å². The van der Waals surface area contributed by atoms with Crippen LogP contribution in [0.1, 0.15) is 1.43 Å². The fourth-order valence-corrected chi connectivity index (χ4v) is 3.81. The van der Waals surface area contributed by atoms with Crippen molar-refractivity contribution in [2.75, 3.05) is 0 Å². The van der Waals surface area contributed by atoms with Gasteiger partial charge in [-0.1, -0.05) is 72.8 Å². The second-order valence-electron chi connectivity index (χ2n) is 6.64. The predicted molar refractivity (Wildman–Crippen MR) is 115 cm³/mol. The Kier molecular flexibility index (Phi) is 6.50. The van der Waals surface area contributed by atoms with Gasteiger partial charge in [0.05, 0.1) is 0 Å². The van der Waals surface area contributed by atoms with E-state index in [1.165, 1.54) is 43.1 Å². The van der Waals surface area contributed by atoms with Crippen LogP contribution < -0.4 is 12.4 Å². The van der Waals surface area contributed by atoms with E-state index in [-0.39, 0.29) is 40.0 Å². The third-order valence-electron chi connectivity index (χ3n) is 5.05. The summed E-state index contributed by atoms with van der Waals surface area (Å²) in [7, 11) is 0. The zero-order valence-electron chi connectivity index (χ0n) is 16.3. The van der Waals surface area contributed by atoms with Crippen molar-refractivity contribution in [3.8, 4) is 0 Å². The first-order valence-electron chi connectivity index (χ1n) is 8.96. The van der Waals surface area contributed by atoms with Crippen LogP contribution in [0, 0.1) is 0 Å². The summed E-state index contributed by atoms with van der Waals surface area (Å²) >= 11 is 0. The largest absolute Gasteiger partial charge is 4.00 e. The molecule has 0 atom stereocenters. The molecule has 6 rings (SSSR count). The smallest absolute Gasteiger partial charge is 1.00 e. The van der Waals surface area contributed by atoms with Gasteiger partial charge in [-0.2, -0.15) is 0 Å². The molecule has 0 fully saturated rings. The fraction of sp³-hybridized carbons (Fsp3) is 0. The van der Waals surface area contributed by atoms with Gasteiger partial charge in [-0.25, -0.2) is 0 Å². The molecule has 0 nitrogen and oxygen atoms in total. The third-order valence-corrected chi connectivity index (χ3v) is 5.05. The second-order valence-corrected chi connectivity index (χ2v) is 6.64. The molecule has 0 aliphatic rings. The first-order chi connectivity index (χ1) is 12.9. The van der Waals surface area contributed by atoms with Gasteiger partial charge in [-0.3, -0.25) is 0 Å². The van der Waals surface area contributed by atoms with Crippen molar-refractivity contribution in [1.82, 2.24) is 0 Å². The van der Waals surface area contributed by atoms with E-state index < -0.39 is 0 Å². The molecule has 0 heterocycles. The van der Waals surface area contributed by atoms with E-state index in [1.54, 1.807) is 0 Å². The number of rotatable bonds is 0. The van der Waals surface area contributed by atoms with Gasteiger partial charge in [0.1, 0.15) is 0 Å². The maximum atomic E-state index is 2.24. The second kappa shape index (κ2) is 8.86. The Bertz CT molecular complexity index is 1140. The molecule has 134 valence electrons. The van der Waals surface area contributed by atoms with E-state index in [9.17, 15) is 0 Å². The Morgan fingerprint density at radius 1 is 0.393 bits per heavy atom. The monoisotopic (exact) mass is 456 g/mol. The van der Waals surface area contributed by atoms with Crippen LogP contribution in [0.5, 0.6) is 0 Å². The minimum Gasteiger partial charge on any atom is -1.00 e. The summed E-state index contributed by atoms with van der Waals surface area (Å²) < 4.78 is 0. The van der Waals surface area contributed by atoms with Crippen molar-refractivity contribution in [2.45, 2.75) is 0 Å². The van der Waals surface area contributed by atoms with E-state index in [4.69, 9.17) is 0 Å². The van der Waals surface area contributed by atoms with Crippen molar-refractivity contribution in [3.05, 3.63) is 109 Å². The molecule has 0 bridgehead atoms. The summed E-state index contributed by atoms with van der Waals surface area (Å²) in [5.41, 5.74) is 0. The van der Waals surface area contributed by atoms with Crippen LogP contribution in [0.3, 0.4) is 0 Å². The molecule has 0 aliphatic heterocycles. The molecule has 2 heteroatoms. The fourth-order valence-electron chi connectivity index (χ4n) is 3.81. The Labute approximate surface area is 191 Å². The van der Waals surface area contributed by atoms with Crippen LogP contribution in [0.4, 0.5) is 0 Å². The van der Waals surface area contributed by atoms with E-state index in [1.807, 2.05) is 0 Å². The number of hydrogen-bond acceptors (Lipinski definition) is 0. The van der Waals surface area contributed by atoms with Gasteiger partial charge in [-0.15, -0.1) is 79.5 Å². The number of halogens is 1.